The lowest BCUT2D eigenvalue weighted by Crippen LogP contribution is -2.35. The van der Waals surface area contributed by atoms with E-state index >= 15 is 0 Å². The molecule has 0 atom stereocenters. The lowest BCUT2D eigenvalue weighted by molar-refractivity contribution is -0.274. The minimum atomic E-state index is -4.78. The summed E-state index contributed by atoms with van der Waals surface area (Å²) in [5, 5.41) is 2.80. The molecule has 1 heterocycles. The molecule has 0 unspecified atom stereocenters. The molecule has 1 aromatic heterocycles. The van der Waals surface area contributed by atoms with Crippen LogP contribution in [0.25, 0.3) is 10.2 Å². The van der Waals surface area contributed by atoms with Crippen LogP contribution in [0, 0.1) is 5.41 Å². The van der Waals surface area contributed by atoms with Crippen LogP contribution in [0.2, 0.25) is 0 Å². The van der Waals surface area contributed by atoms with Crippen molar-refractivity contribution >= 4 is 38.5 Å². The van der Waals surface area contributed by atoms with Gasteiger partial charge in [0, 0.05) is 19.5 Å². The minimum Gasteiger partial charge on any atom is -0.406 e. The SMILES string of the molecule is CN(CC(=O)Nc1nc2ccc(OC(F)(F)F)cc2s1)C(=O)CCC(C)(C)C. The number of amides is 2. The van der Waals surface area contributed by atoms with Gasteiger partial charge in [-0.15, -0.1) is 13.2 Å². The van der Waals surface area contributed by atoms with E-state index in [1.54, 1.807) is 7.05 Å². The highest BCUT2D eigenvalue weighted by molar-refractivity contribution is 7.22. The molecule has 10 heteroatoms. The van der Waals surface area contributed by atoms with Gasteiger partial charge in [-0.2, -0.15) is 0 Å². The summed E-state index contributed by atoms with van der Waals surface area (Å²) < 4.78 is 41.2. The smallest absolute Gasteiger partial charge is 0.406 e. The molecular formula is C18H22F3N3O3S. The largest absolute Gasteiger partial charge is 0.573 e. The molecule has 6 nitrogen and oxygen atoms in total. The fourth-order valence-electron chi connectivity index (χ4n) is 2.29. The van der Waals surface area contributed by atoms with Gasteiger partial charge < -0.3 is 15.0 Å². The first kappa shape index (κ1) is 21.9. The van der Waals surface area contributed by atoms with E-state index in [1.807, 2.05) is 20.8 Å². The van der Waals surface area contributed by atoms with Gasteiger partial charge in [0.15, 0.2) is 5.13 Å². The fourth-order valence-corrected chi connectivity index (χ4v) is 3.20. The van der Waals surface area contributed by atoms with Crippen molar-refractivity contribution in [3.63, 3.8) is 0 Å². The maximum atomic E-state index is 12.3. The first-order chi connectivity index (χ1) is 12.8. The maximum Gasteiger partial charge on any atom is 0.573 e. The van der Waals surface area contributed by atoms with Gasteiger partial charge in [0.1, 0.15) is 5.75 Å². The molecule has 0 saturated heterocycles. The number of alkyl halides is 3. The highest BCUT2D eigenvalue weighted by Crippen LogP contribution is 2.31. The third-order valence-electron chi connectivity index (χ3n) is 3.74. The zero-order valence-corrected chi connectivity index (χ0v) is 16.8. The van der Waals surface area contributed by atoms with Gasteiger partial charge in [-0.25, -0.2) is 4.98 Å². The molecule has 0 fully saturated rings. The summed E-state index contributed by atoms with van der Waals surface area (Å²) in [6, 6.07) is 3.74. The number of hydrogen-bond donors (Lipinski definition) is 1. The summed E-state index contributed by atoms with van der Waals surface area (Å²) in [5.41, 5.74) is 0.457. The standard InChI is InChI=1S/C18H22F3N3O3S/c1-17(2,3)8-7-15(26)24(4)10-14(25)23-16-22-12-6-5-11(9-13(12)28-16)27-18(19,20)21/h5-6,9H,7-8,10H2,1-4H3,(H,22,23,25). The van der Waals surface area contributed by atoms with Crippen LogP contribution >= 0.6 is 11.3 Å². The summed E-state index contributed by atoms with van der Waals surface area (Å²) in [6.45, 7) is 5.96. The zero-order valence-electron chi connectivity index (χ0n) is 16.0. The van der Waals surface area contributed by atoms with E-state index in [-0.39, 0.29) is 28.7 Å². The van der Waals surface area contributed by atoms with Crippen molar-refractivity contribution in [3.05, 3.63) is 18.2 Å². The van der Waals surface area contributed by atoms with Crippen LogP contribution < -0.4 is 10.1 Å². The number of nitrogens with one attached hydrogen (secondary N) is 1. The fraction of sp³-hybridized carbons (Fsp3) is 0.500. The molecule has 154 valence electrons. The Morgan fingerprint density at radius 3 is 2.54 bits per heavy atom. The van der Waals surface area contributed by atoms with Gasteiger partial charge in [0.25, 0.3) is 0 Å². The quantitative estimate of drug-likeness (QED) is 0.755. The van der Waals surface area contributed by atoms with E-state index in [2.05, 4.69) is 15.0 Å². The van der Waals surface area contributed by atoms with E-state index in [0.29, 0.717) is 23.1 Å². The second-order valence-electron chi connectivity index (χ2n) is 7.55. The van der Waals surface area contributed by atoms with Crippen LogP contribution in [-0.4, -0.2) is 41.7 Å². The van der Waals surface area contributed by atoms with E-state index < -0.39 is 12.3 Å². The Morgan fingerprint density at radius 2 is 1.93 bits per heavy atom. The Bertz CT molecular complexity index is 859. The van der Waals surface area contributed by atoms with Crippen molar-refractivity contribution < 1.29 is 27.5 Å². The number of hydrogen-bond acceptors (Lipinski definition) is 5. The van der Waals surface area contributed by atoms with Crippen molar-refractivity contribution in [2.24, 2.45) is 5.41 Å². The van der Waals surface area contributed by atoms with Gasteiger partial charge in [-0.1, -0.05) is 32.1 Å². The number of likely N-dealkylation sites (N-methyl/N-ethyl adjacent to an activating group) is 1. The highest BCUT2D eigenvalue weighted by atomic mass is 32.1. The molecule has 0 aliphatic carbocycles. The number of fused-ring (bicyclic) bond motifs is 1. The van der Waals surface area contributed by atoms with Crippen molar-refractivity contribution in [3.8, 4) is 5.75 Å². The number of carbonyl (C=O) groups excluding carboxylic acids is 2. The number of nitrogens with zero attached hydrogens (tertiary/aromatic N) is 2. The van der Waals surface area contributed by atoms with E-state index in [9.17, 15) is 22.8 Å². The van der Waals surface area contributed by atoms with Crippen LogP contribution in [0.1, 0.15) is 33.6 Å². The third-order valence-corrected chi connectivity index (χ3v) is 4.67. The average molecular weight is 417 g/mol. The summed E-state index contributed by atoms with van der Waals surface area (Å²) in [7, 11) is 1.55. The Kier molecular flexibility index (Phi) is 6.53. The normalized spacial score (nSPS) is 12.1. The van der Waals surface area contributed by atoms with Crippen LogP contribution in [0.3, 0.4) is 0 Å². The molecule has 28 heavy (non-hydrogen) atoms. The summed E-state index contributed by atoms with van der Waals surface area (Å²) in [5.74, 6) is -0.925. The molecule has 1 aromatic carbocycles. The maximum absolute atomic E-state index is 12.3. The molecule has 0 saturated carbocycles. The molecule has 0 aliphatic heterocycles. The second kappa shape index (κ2) is 8.34. The number of benzene rings is 1. The van der Waals surface area contributed by atoms with E-state index in [4.69, 9.17) is 0 Å². The van der Waals surface area contributed by atoms with Crippen molar-refractivity contribution in [2.75, 3.05) is 18.9 Å². The molecule has 2 rings (SSSR count). The van der Waals surface area contributed by atoms with Crippen LogP contribution in [0.5, 0.6) is 5.75 Å². The van der Waals surface area contributed by atoms with Gasteiger partial charge in [0.05, 0.1) is 16.8 Å². The average Bonchev–Trinajstić information content (AvgIpc) is 2.91. The van der Waals surface area contributed by atoms with Gasteiger partial charge in [-0.3, -0.25) is 9.59 Å². The second-order valence-corrected chi connectivity index (χ2v) is 8.59. The third kappa shape index (κ3) is 6.99. The highest BCUT2D eigenvalue weighted by Gasteiger charge is 2.31. The number of aromatic nitrogens is 1. The molecule has 1 N–H and O–H groups in total. The van der Waals surface area contributed by atoms with E-state index in [0.717, 1.165) is 17.4 Å². The summed E-state index contributed by atoms with van der Waals surface area (Å²) in [4.78, 5) is 29.7. The number of rotatable bonds is 6. The van der Waals surface area contributed by atoms with Crippen molar-refractivity contribution in [1.82, 2.24) is 9.88 Å². The van der Waals surface area contributed by atoms with Crippen LogP contribution in [0.15, 0.2) is 18.2 Å². The Balaban J connectivity index is 1.96. The van der Waals surface area contributed by atoms with Crippen molar-refractivity contribution in [2.45, 2.75) is 40.0 Å². The molecule has 0 bridgehead atoms. The predicted molar refractivity (Wildman–Crippen MR) is 101 cm³/mol. The Hall–Kier alpha value is -2.36. The monoisotopic (exact) mass is 417 g/mol. The molecule has 0 aliphatic rings. The molecule has 2 aromatic rings. The molecular weight excluding hydrogens is 395 g/mol. The van der Waals surface area contributed by atoms with Crippen LogP contribution in [0.4, 0.5) is 18.3 Å². The molecule has 0 radical (unpaired) electrons. The zero-order chi connectivity index (χ0) is 21.1. The van der Waals surface area contributed by atoms with Crippen molar-refractivity contribution in [1.29, 1.82) is 0 Å². The number of carbonyl (C=O) groups is 2. The number of halogens is 3. The lowest BCUT2D eigenvalue weighted by atomic mass is 9.90. The summed E-state index contributed by atoms with van der Waals surface area (Å²) in [6.07, 6.45) is -3.73. The first-order valence-corrected chi connectivity index (χ1v) is 9.34. The molecule has 0 spiro atoms. The first-order valence-electron chi connectivity index (χ1n) is 8.52. The Morgan fingerprint density at radius 1 is 1.25 bits per heavy atom. The number of thiazole rings is 1. The number of anilines is 1. The summed E-state index contributed by atoms with van der Waals surface area (Å²) >= 11 is 1.02. The van der Waals surface area contributed by atoms with Crippen LogP contribution in [-0.2, 0) is 9.59 Å². The number of ether oxygens (including phenoxy) is 1. The lowest BCUT2D eigenvalue weighted by Gasteiger charge is -2.21. The topological polar surface area (TPSA) is 71.5 Å². The van der Waals surface area contributed by atoms with Gasteiger partial charge >= 0.3 is 6.36 Å². The van der Waals surface area contributed by atoms with E-state index in [1.165, 1.54) is 17.0 Å². The minimum absolute atomic E-state index is 0.0223. The Labute approximate surface area is 164 Å². The molecule has 2 amide bonds. The van der Waals surface area contributed by atoms with Gasteiger partial charge in [0.2, 0.25) is 11.8 Å². The van der Waals surface area contributed by atoms with Gasteiger partial charge in [-0.05, 0) is 24.0 Å². The predicted octanol–water partition coefficient (Wildman–Crippen LogP) is 4.42.